The van der Waals surface area contributed by atoms with Crippen LogP contribution < -0.4 is 10.5 Å². The molecule has 1 heterocycles. The number of carbonyl (C=O) groups excluding carboxylic acids is 1. The van der Waals surface area contributed by atoms with E-state index in [1.54, 1.807) is 0 Å². The van der Waals surface area contributed by atoms with Gasteiger partial charge >= 0.3 is 11.7 Å². The highest BCUT2D eigenvalue weighted by molar-refractivity contribution is 7.90. The summed E-state index contributed by atoms with van der Waals surface area (Å²) in [6, 6.07) is 4.59. The number of nitro groups is 1. The maximum atomic E-state index is 13.2. The summed E-state index contributed by atoms with van der Waals surface area (Å²) >= 11 is 6.45. The van der Waals surface area contributed by atoms with E-state index in [9.17, 15) is 33.2 Å². The van der Waals surface area contributed by atoms with Crippen molar-refractivity contribution in [2.75, 3.05) is 20.0 Å². The molecule has 4 rings (SSSR count). The van der Waals surface area contributed by atoms with Crippen LogP contribution in [-0.4, -0.2) is 49.0 Å². The lowest BCUT2D eigenvalue weighted by Gasteiger charge is -2.14. The summed E-state index contributed by atoms with van der Waals surface area (Å²) in [5, 5.41) is 22.6. The Morgan fingerprint density at radius 2 is 1.68 bits per heavy atom. The first-order valence-corrected chi connectivity index (χ1v) is 18.2. The van der Waals surface area contributed by atoms with Gasteiger partial charge in [-0.1, -0.05) is 76.3 Å². The van der Waals surface area contributed by atoms with Crippen LogP contribution in [-0.2, 0) is 14.6 Å². The predicted molar refractivity (Wildman–Crippen MR) is 177 cm³/mol. The zero-order chi connectivity index (χ0) is 34.3. The van der Waals surface area contributed by atoms with Gasteiger partial charge in [0.1, 0.15) is 5.75 Å². The number of carbonyl (C=O) groups is 1. The molecule has 0 bridgehead atoms. The average Bonchev–Trinajstić information content (AvgIpc) is 3.83. The summed E-state index contributed by atoms with van der Waals surface area (Å²) in [5.41, 5.74) is -0.193. The van der Waals surface area contributed by atoms with Crippen LogP contribution in [0.2, 0.25) is 5.02 Å². The van der Waals surface area contributed by atoms with Gasteiger partial charge in [0.2, 0.25) is 11.6 Å². The Morgan fingerprint density at radius 1 is 1.06 bits per heavy atom. The number of hydrogen-bond donors (Lipinski definition) is 1. The molecule has 0 spiro atoms. The maximum absolute atomic E-state index is 13.2. The van der Waals surface area contributed by atoms with Gasteiger partial charge in [0.25, 0.3) is 5.69 Å². The number of benzene rings is 2. The number of hydrogen-bond acceptors (Lipinski definition) is 10. The SMILES string of the molecule is CCCCCCCCCCCCOC(=O)c1cc(-n2c(O)c(-c3c(OC)cc([N+](=O)[O-])cc3C3CC3)oc2=O)c(Cl)cc1S(C)(=O)=O. The Bertz CT molecular complexity index is 1780. The third-order valence-corrected chi connectivity index (χ3v) is 9.66. The van der Waals surface area contributed by atoms with Gasteiger partial charge in [0.15, 0.2) is 9.84 Å². The number of unbranched alkanes of at least 4 members (excludes halogenated alkanes) is 9. The van der Waals surface area contributed by atoms with Gasteiger partial charge in [0.05, 0.1) is 51.4 Å². The molecule has 0 aliphatic heterocycles. The Morgan fingerprint density at radius 3 is 2.23 bits per heavy atom. The van der Waals surface area contributed by atoms with E-state index in [0.29, 0.717) is 16.6 Å². The minimum Gasteiger partial charge on any atom is -0.496 e. The molecule has 256 valence electrons. The minimum atomic E-state index is -3.97. The molecule has 1 aromatic heterocycles. The van der Waals surface area contributed by atoms with E-state index in [-0.39, 0.29) is 51.6 Å². The van der Waals surface area contributed by atoms with Crippen LogP contribution in [0.25, 0.3) is 17.0 Å². The zero-order valence-corrected chi connectivity index (χ0v) is 28.5. The number of ether oxygens (including phenoxy) is 2. The average molecular weight is 693 g/mol. The largest absolute Gasteiger partial charge is 0.496 e. The molecule has 0 atom stereocenters. The van der Waals surface area contributed by atoms with Crippen molar-refractivity contribution >= 4 is 33.1 Å². The number of rotatable bonds is 18. The van der Waals surface area contributed by atoms with Crippen molar-refractivity contribution in [2.24, 2.45) is 0 Å². The predicted octanol–water partition coefficient (Wildman–Crippen LogP) is 7.73. The normalized spacial score (nSPS) is 13.1. The number of nitro benzene ring substituents is 1. The Labute approximate surface area is 278 Å². The maximum Gasteiger partial charge on any atom is 0.427 e. The number of aromatic nitrogens is 1. The summed E-state index contributed by atoms with van der Waals surface area (Å²) in [6.07, 6.45) is 13.3. The summed E-state index contributed by atoms with van der Waals surface area (Å²) in [7, 11) is -2.68. The lowest BCUT2D eigenvalue weighted by molar-refractivity contribution is -0.385. The fraction of sp³-hybridized carbons (Fsp3) is 0.515. The number of nitrogens with zero attached hydrogens (tertiary/aromatic N) is 2. The van der Waals surface area contributed by atoms with Gasteiger partial charge in [-0.05, 0) is 42.9 Å². The van der Waals surface area contributed by atoms with Crippen molar-refractivity contribution in [3.05, 3.63) is 61.1 Å². The van der Waals surface area contributed by atoms with Gasteiger partial charge in [-0.15, -0.1) is 0 Å². The van der Waals surface area contributed by atoms with Gasteiger partial charge in [0, 0.05) is 12.3 Å². The van der Waals surface area contributed by atoms with Gasteiger partial charge in [-0.3, -0.25) is 10.1 Å². The molecular weight excluding hydrogens is 652 g/mol. The molecule has 1 aliphatic rings. The standard InChI is InChI=1S/C33H41ClN2O10S/c1-4-5-6-7-8-9-10-11-12-13-16-45-32(38)24-19-26(25(34)20-28(24)47(3,42)43)35-31(37)30(46-33(35)39)29-23(21-14-15-21)17-22(36(40)41)18-27(29)44-2/h17-21,37H,4-16H2,1-3H3. The fourth-order valence-electron chi connectivity index (χ4n) is 5.60. The van der Waals surface area contributed by atoms with E-state index in [1.807, 2.05) is 0 Å². The molecule has 2 aromatic carbocycles. The molecule has 3 aromatic rings. The first-order chi connectivity index (χ1) is 22.4. The number of halogens is 1. The Hall–Kier alpha value is -3.84. The second kappa shape index (κ2) is 15.8. The summed E-state index contributed by atoms with van der Waals surface area (Å²) < 4.78 is 42.2. The number of methoxy groups -OCH3 is 1. The smallest absolute Gasteiger partial charge is 0.427 e. The molecule has 1 N–H and O–H groups in total. The second-order valence-corrected chi connectivity index (χ2v) is 14.3. The molecule has 12 nitrogen and oxygen atoms in total. The van der Waals surface area contributed by atoms with Crippen molar-refractivity contribution in [3.63, 3.8) is 0 Å². The first-order valence-electron chi connectivity index (χ1n) is 15.9. The van der Waals surface area contributed by atoms with Crippen LogP contribution >= 0.6 is 11.6 Å². The van der Waals surface area contributed by atoms with E-state index in [2.05, 4.69) is 6.92 Å². The Balaban J connectivity index is 1.60. The zero-order valence-electron chi connectivity index (χ0n) is 26.9. The van der Waals surface area contributed by atoms with E-state index in [1.165, 1.54) is 45.3 Å². The third-order valence-electron chi connectivity index (χ3n) is 8.22. The molecule has 0 radical (unpaired) electrons. The van der Waals surface area contributed by atoms with Crippen LogP contribution in [0.4, 0.5) is 5.69 Å². The second-order valence-electron chi connectivity index (χ2n) is 11.9. The highest BCUT2D eigenvalue weighted by Crippen LogP contribution is 2.51. The highest BCUT2D eigenvalue weighted by atomic mass is 35.5. The monoisotopic (exact) mass is 692 g/mol. The summed E-state index contributed by atoms with van der Waals surface area (Å²) in [5.74, 6) is -3.14. The lowest BCUT2D eigenvalue weighted by atomic mass is 9.99. The van der Waals surface area contributed by atoms with Crippen LogP contribution in [0.3, 0.4) is 0 Å². The number of non-ortho nitro benzene ring substituents is 1. The molecule has 0 amide bonds. The van der Waals surface area contributed by atoms with E-state index in [0.717, 1.165) is 63.0 Å². The summed E-state index contributed by atoms with van der Waals surface area (Å²) in [6.45, 7) is 2.26. The molecule has 1 aliphatic carbocycles. The van der Waals surface area contributed by atoms with Crippen LogP contribution in [0.5, 0.6) is 11.6 Å². The third kappa shape index (κ3) is 8.75. The van der Waals surface area contributed by atoms with E-state index >= 15 is 0 Å². The van der Waals surface area contributed by atoms with Gasteiger partial charge < -0.3 is 19.0 Å². The van der Waals surface area contributed by atoms with Gasteiger partial charge in [-0.25, -0.2) is 22.6 Å². The quantitative estimate of drug-likeness (QED) is 0.0602. The minimum absolute atomic E-state index is 0.00654. The lowest BCUT2D eigenvalue weighted by Crippen LogP contribution is -2.16. The molecule has 0 saturated heterocycles. The fourth-order valence-corrected chi connectivity index (χ4v) is 6.79. The van der Waals surface area contributed by atoms with Crippen LogP contribution in [0.1, 0.15) is 106 Å². The van der Waals surface area contributed by atoms with Gasteiger partial charge in [-0.2, -0.15) is 0 Å². The molecule has 0 unspecified atom stereocenters. The number of sulfone groups is 1. The Kier molecular flexibility index (Phi) is 12.1. The van der Waals surface area contributed by atoms with Crippen molar-refractivity contribution in [2.45, 2.75) is 94.8 Å². The topological polar surface area (TPSA) is 168 Å². The number of esters is 1. The highest BCUT2D eigenvalue weighted by Gasteiger charge is 2.35. The number of aromatic hydroxyl groups is 1. The van der Waals surface area contributed by atoms with Crippen LogP contribution in [0, 0.1) is 10.1 Å². The van der Waals surface area contributed by atoms with E-state index in [4.69, 9.17) is 25.5 Å². The van der Waals surface area contributed by atoms with Crippen molar-refractivity contribution in [1.82, 2.24) is 4.57 Å². The van der Waals surface area contributed by atoms with Crippen molar-refractivity contribution in [1.29, 1.82) is 0 Å². The summed E-state index contributed by atoms with van der Waals surface area (Å²) in [4.78, 5) is 37.0. The van der Waals surface area contributed by atoms with Crippen molar-refractivity contribution < 1.29 is 37.1 Å². The molecule has 14 heteroatoms. The van der Waals surface area contributed by atoms with Crippen LogP contribution in [0.15, 0.2) is 38.4 Å². The first kappa shape index (κ1) is 36.0. The molecular formula is C33H41ClN2O10S. The number of oxazole rings is 1. The molecule has 1 saturated carbocycles. The van der Waals surface area contributed by atoms with E-state index < -0.39 is 37.3 Å². The molecule has 1 fully saturated rings. The molecule has 47 heavy (non-hydrogen) atoms. The van der Waals surface area contributed by atoms with Crippen molar-refractivity contribution in [3.8, 4) is 28.6 Å².